The standard InChI is InChI=1S/C67H70N4O4S2/c1-65(2,3)75-64(72)71(45-48-77-67(57-31-18-9-19-32-57,58-33-20-10-21-34-58)59-35-22-11-23-36-59)43-42-70(41-24-46-73-60-38-39-61-53(49-60)50-62(74-61)52-37-40-63(68-51-52)69(4)5)44-47-76-66(54-25-12-6-13-26-54,55-27-14-7-15-28-55)56-29-16-8-17-30-56/h6-23,25-40,49-51H,24,41-48H2,1-5H3. The molecule has 9 rings (SSSR count). The van der Waals surface area contributed by atoms with Crippen molar-refractivity contribution in [3.8, 4) is 17.1 Å². The molecule has 8 nitrogen and oxygen atoms in total. The summed E-state index contributed by atoms with van der Waals surface area (Å²) in [5.41, 5.74) is 8.31. The molecular formula is C67H70N4O4S2. The van der Waals surface area contributed by atoms with Gasteiger partial charge >= 0.3 is 6.09 Å². The Kier molecular flexibility index (Phi) is 18.2. The fourth-order valence-electron chi connectivity index (χ4n) is 9.92. The zero-order valence-corrected chi connectivity index (χ0v) is 46.6. The van der Waals surface area contributed by atoms with E-state index in [1.807, 2.05) is 111 Å². The average Bonchev–Trinajstić information content (AvgIpc) is 3.94. The highest BCUT2D eigenvalue weighted by atomic mass is 32.2. The number of aromatic nitrogens is 1. The van der Waals surface area contributed by atoms with Crippen LogP contribution in [0.3, 0.4) is 0 Å². The maximum absolute atomic E-state index is 14.4. The highest BCUT2D eigenvalue weighted by molar-refractivity contribution is 8.00. The number of fused-ring (bicyclic) bond motifs is 1. The van der Waals surface area contributed by atoms with Crippen molar-refractivity contribution >= 4 is 46.4 Å². The minimum Gasteiger partial charge on any atom is -0.494 e. The summed E-state index contributed by atoms with van der Waals surface area (Å²) in [5, 5.41) is 0.973. The van der Waals surface area contributed by atoms with Gasteiger partial charge in [-0.05, 0) is 97.0 Å². The van der Waals surface area contributed by atoms with Crippen molar-refractivity contribution in [2.24, 2.45) is 0 Å². The topological polar surface area (TPSA) is 71.3 Å². The molecule has 0 aliphatic heterocycles. The van der Waals surface area contributed by atoms with Crippen LogP contribution in [0.2, 0.25) is 0 Å². The van der Waals surface area contributed by atoms with Crippen molar-refractivity contribution in [2.45, 2.75) is 42.3 Å². The van der Waals surface area contributed by atoms with Crippen LogP contribution in [0.4, 0.5) is 10.6 Å². The number of anilines is 1. The molecule has 9 aromatic rings. The average molecular weight is 1060 g/mol. The second-order valence-electron chi connectivity index (χ2n) is 20.4. The number of furan rings is 1. The molecule has 0 aliphatic rings. The maximum atomic E-state index is 14.4. The van der Waals surface area contributed by atoms with Gasteiger partial charge in [0, 0.05) is 75.5 Å². The highest BCUT2D eigenvalue weighted by Gasteiger charge is 2.39. The third kappa shape index (κ3) is 13.5. The van der Waals surface area contributed by atoms with Crippen LogP contribution >= 0.6 is 23.5 Å². The molecule has 0 bridgehead atoms. The summed E-state index contributed by atoms with van der Waals surface area (Å²) in [5.74, 6) is 3.93. The summed E-state index contributed by atoms with van der Waals surface area (Å²) in [6, 6.07) is 76.9. The van der Waals surface area contributed by atoms with Crippen molar-refractivity contribution in [3.63, 3.8) is 0 Å². The summed E-state index contributed by atoms with van der Waals surface area (Å²) in [7, 11) is 3.96. The van der Waals surface area contributed by atoms with E-state index < -0.39 is 15.1 Å². The number of amides is 1. The largest absolute Gasteiger partial charge is 0.494 e. The van der Waals surface area contributed by atoms with Gasteiger partial charge in [0.2, 0.25) is 0 Å². The Bertz CT molecular complexity index is 3020. The molecule has 77 heavy (non-hydrogen) atoms. The first-order chi connectivity index (χ1) is 37.5. The molecule has 10 heteroatoms. The number of carbonyl (C=O) groups is 1. The Morgan fingerprint density at radius 3 is 1.43 bits per heavy atom. The normalized spacial score (nSPS) is 11.9. The lowest BCUT2D eigenvalue weighted by Gasteiger charge is -2.37. The van der Waals surface area contributed by atoms with Crippen LogP contribution in [-0.2, 0) is 14.2 Å². The first kappa shape index (κ1) is 54.5. The van der Waals surface area contributed by atoms with Crippen LogP contribution in [0.25, 0.3) is 22.3 Å². The molecule has 0 saturated heterocycles. The number of nitrogens with zero attached hydrogens (tertiary/aromatic N) is 4. The van der Waals surface area contributed by atoms with Gasteiger partial charge in [0.1, 0.15) is 28.5 Å². The van der Waals surface area contributed by atoms with E-state index in [-0.39, 0.29) is 6.09 Å². The maximum Gasteiger partial charge on any atom is 0.410 e. The Morgan fingerprint density at radius 2 is 1.00 bits per heavy atom. The van der Waals surface area contributed by atoms with Gasteiger partial charge in [-0.15, -0.1) is 23.5 Å². The summed E-state index contributed by atoms with van der Waals surface area (Å²) < 4.78 is 17.9. The van der Waals surface area contributed by atoms with Gasteiger partial charge in [-0.25, -0.2) is 9.78 Å². The molecule has 394 valence electrons. The van der Waals surface area contributed by atoms with Gasteiger partial charge in [0.15, 0.2) is 0 Å². The third-order valence-electron chi connectivity index (χ3n) is 13.7. The second kappa shape index (κ2) is 25.7. The zero-order valence-electron chi connectivity index (χ0n) is 45.0. The fourth-order valence-corrected chi connectivity index (χ4v) is 13.0. The van der Waals surface area contributed by atoms with Crippen LogP contribution in [0, 0.1) is 0 Å². The molecule has 0 fully saturated rings. The summed E-state index contributed by atoms with van der Waals surface area (Å²) in [6.45, 7) is 9.52. The molecule has 0 unspecified atom stereocenters. The lowest BCUT2D eigenvalue weighted by atomic mass is 9.84. The number of hydrogen-bond acceptors (Lipinski definition) is 9. The molecular weight excluding hydrogens is 989 g/mol. The number of benzene rings is 7. The summed E-state index contributed by atoms with van der Waals surface area (Å²) in [4.78, 5) is 25.4. The van der Waals surface area contributed by atoms with Gasteiger partial charge in [0.25, 0.3) is 0 Å². The number of pyridine rings is 1. The van der Waals surface area contributed by atoms with E-state index >= 15 is 0 Å². The van der Waals surface area contributed by atoms with E-state index in [4.69, 9.17) is 13.9 Å². The monoisotopic (exact) mass is 1060 g/mol. The number of rotatable bonds is 24. The van der Waals surface area contributed by atoms with Gasteiger partial charge in [0.05, 0.1) is 16.1 Å². The van der Waals surface area contributed by atoms with Gasteiger partial charge in [-0.1, -0.05) is 182 Å². The number of hydrogen-bond donors (Lipinski definition) is 0. The van der Waals surface area contributed by atoms with Gasteiger partial charge in [-0.3, -0.25) is 0 Å². The first-order valence-corrected chi connectivity index (χ1v) is 28.6. The molecule has 2 heterocycles. The molecule has 0 saturated carbocycles. The molecule has 0 spiro atoms. The van der Waals surface area contributed by atoms with Crippen molar-refractivity contribution < 1.29 is 18.7 Å². The van der Waals surface area contributed by atoms with Crippen molar-refractivity contribution in [1.29, 1.82) is 0 Å². The van der Waals surface area contributed by atoms with E-state index in [9.17, 15) is 4.79 Å². The Morgan fingerprint density at radius 1 is 0.532 bits per heavy atom. The second-order valence-corrected chi connectivity index (χ2v) is 23.0. The van der Waals surface area contributed by atoms with Crippen molar-refractivity contribution in [1.82, 2.24) is 14.8 Å². The van der Waals surface area contributed by atoms with Crippen LogP contribution < -0.4 is 9.64 Å². The van der Waals surface area contributed by atoms with E-state index in [2.05, 4.69) is 192 Å². The summed E-state index contributed by atoms with van der Waals surface area (Å²) >= 11 is 3.82. The van der Waals surface area contributed by atoms with Gasteiger partial charge < -0.3 is 28.6 Å². The molecule has 7 aromatic carbocycles. The highest BCUT2D eigenvalue weighted by Crippen LogP contribution is 2.50. The third-order valence-corrected chi connectivity index (χ3v) is 16.7. The van der Waals surface area contributed by atoms with Crippen LogP contribution in [0.15, 0.2) is 229 Å². The quantitative estimate of drug-likeness (QED) is 0.0435. The SMILES string of the molecule is CN(C)c1ccc(-c2cc3cc(OCCCN(CCSC(c4ccccc4)(c4ccccc4)c4ccccc4)CCN(CCSC(c4ccccc4)(c4ccccc4)c4ccccc4)C(=O)OC(C)(C)C)ccc3o2)cn1. The Hall–Kier alpha value is -7.24. The van der Waals surface area contributed by atoms with E-state index in [1.165, 1.54) is 33.4 Å². The van der Waals surface area contributed by atoms with Crippen molar-refractivity contribution in [3.05, 3.63) is 258 Å². The van der Waals surface area contributed by atoms with Crippen LogP contribution in [0.1, 0.15) is 60.6 Å². The van der Waals surface area contributed by atoms with Crippen LogP contribution in [0.5, 0.6) is 5.75 Å². The van der Waals surface area contributed by atoms with Crippen molar-refractivity contribution in [2.75, 3.05) is 69.8 Å². The Balaban J connectivity index is 0.963. The molecule has 0 aliphatic carbocycles. The minimum atomic E-state index is -0.663. The molecule has 2 aromatic heterocycles. The summed E-state index contributed by atoms with van der Waals surface area (Å²) in [6.07, 6.45) is 2.32. The molecule has 0 radical (unpaired) electrons. The number of carbonyl (C=O) groups excluding carboxylic acids is 1. The predicted octanol–water partition coefficient (Wildman–Crippen LogP) is 15.3. The van der Waals surface area contributed by atoms with Crippen LogP contribution in [-0.4, -0.2) is 91.4 Å². The van der Waals surface area contributed by atoms with E-state index in [0.717, 1.165) is 59.1 Å². The first-order valence-electron chi connectivity index (χ1n) is 26.6. The smallest absolute Gasteiger partial charge is 0.410 e. The molecule has 0 N–H and O–H groups in total. The van der Waals surface area contributed by atoms with E-state index in [1.54, 1.807) is 0 Å². The minimum absolute atomic E-state index is 0.309. The lowest BCUT2D eigenvalue weighted by molar-refractivity contribution is 0.0245. The Labute approximate surface area is 464 Å². The fraction of sp³-hybridized carbons (Fsp3) is 0.254. The number of thioether (sulfide) groups is 2. The lowest BCUT2D eigenvalue weighted by Crippen LogP contribution is -2.43. The molecule has 1 amide bonds. The zero-order chi connectivity index (χ0) is 53.5. The predicted molar refractivity (Wildman–Crippen MR) is 321 cm³/mol. The van der Waals surface area contributed by atoms with E-state index in [0.29, 0.717) is 32.0 Å². The van der Waals surface area contributed by atoms with Gasteiger partial charge in [-0.2, -0.15) is 0 Å². The molecule has 0 atom stereocenters. The number of ether oxygens (including phenoxy) is 2.